The average Bonchev–Trinajstić information content (AvgIpc) is 2.87. The van der Waals surface area contributed by atoms with Crippen molar-refractivity contribution >= 4 is 22.3 Å². The molecule has 10 heteroatoms. The minimum atomic E-state index is -4.94. The van der Waals surface area contributed by atoms with Crippen LogP contribution < -0.4 is 23.5 Å². The lowest BCUT2D eigenvalue weighted by Gasteiger charge is -2.21. The molecule has 2 rings (SSSR count). The molecular formula is C12H19ClN2O6S. The van der Waals surface area contributed by atoms with Gasteiger partial charge in [0.2, 0.25) is 0 Å². The Bertz CT molecular complexity index is 490. The first kappa shape index (κ1) is 19.4. The molecule has 2 heterocycles. The quantitative estimate of drug-likeness (QED) is 0.581. The molecule has 0 spiro atoms. The largest absolute Gasteiger partial charge is 0.370 e. The number of nitrogens with zero attached hydrogens (tertiary/aromatic N) is 1. The Hall–Kier alpha value is -0.650. The zero-order valence-corrected chi connectivity index (χ0v) is 14.2. The molecule has 22 heavy (non-hydrogen) atoms. The van der Waals surface area contributed by atoms with Gasteiger partial charge in [-0.1, -0.05) is 11.3 Å². The summed E-state index contributed by atoms with van der Waals surface area (Å²) in [6.07, 6.45) is 0. The predicted molar refractivity (Wildman–Crippen MR) is 67.0 cm³/mol. The van der Waals surface area contributed by atoms with Gasteiger partial charge in [0.15, 0.2) is 0 Å². The Morgan fingerprint density at radius 3 is 2.27 bits per heavy atom. The van der Waals surface area contributed by atoms with Gasteiger partial charge < -0.3 is 4.74 Å². The van der Waals surface area contributed by atoms with E-state index in [1.165, 1.54) is 4.90 Å². The number of thiazole rings is 1. The molecule has 0 saturated carbocycles. The Morgan fingerprint density at radius 1 is 1.32 bits per heavy atom. The molecule has 1 N–H and O–H groups in total. The van der Waals surface area contributed by atoms with Gasteiger partial charge in [-0.3, -0.25) is 9.69 Å². The molecule has 1 aromatic heterocycles. The fraction of sp³-hybridized carbons (Fsp3) is 0.667. The number of aromatic nitrogens is 1. The van der Waals surface area contributed by atoms with E-state index in [1.54, 1.807) is 18.3 Å². The molecule has 1 aromatic rings. The van der Waals surface area contributed by atoms with E-state index in [4.69, 9.17) is 23.4 Å². The maximum atomic E-state index is 11.6. The summed E-state index contributed by atoms with van der Waals surface area (Å²) in [4.78, 5) is 17.6. The number of carbonyl (C=O) groups is 1. The smallest absolute Gasteiger partial charge is 0.284 e. The maximum Gasteiger partial charge on any atom is 0.284 e. The van der Waals surface area contributed by atoms with E-state index in [2.05, 4.69) is 4.98 Å². The van der Waals surface area contributed by atoms with Crippen molar-refractivity contribution < 1.29 is 43.3 Å². The molecule has 0 aliphatic carbocycles. The monoisotopic (exact) mass is 354 g/mol. The molecular weight excluding hydrogens is 336 g/mol. The molecule has 126 valence electrons. The summed E-state index contributed by atoms with van der Waals surface area (Å²) in [7, 11) is -4.94. The average molecular weight is 355 g/mol. The molecule has 1 saturated heterocycles. The van der Waals surface area contributed by atoms with Gasteiger partial charge in [0.25, 0.3) is 5.13 Å². The maximum absolute atomic E-state index is 11.6. The molecule has 0 aromatic carbocycles. The van der Waals surface area contributed by atoms with Crippen LogP contribution in [-0.4, -0.2) is 37.1 Å². The van der Waals surface area contributed by atoms with Gasteiger partial charge in [0.1, 0.15) is 18.9 Å². The Balaban J connectivity index is 0.000000422. The minimum absolute atomic E-state index is 0.159. The highest BCUT2D eigenvalue weighted by molar-refractivity contribution is 7.12. The van der Waals surface area contributed by atoms with Gasteiger partial charge in [-0.15, -0.1) is 10.2 Å². The predicted octanol–water partition coefficient (Wildman–Crippen LogP) is -4.20. The number of halogens is 1. The zero-order chi connectivity index (χ0) is 17.0. The highest BCUT2D eigenvalue weighted by Crippen LogP contribution is 2.26. The number of ketones is 1. The summed E-state index contributed by atoms with van der Waals surface area (Å²) < 4.78 is 39.3. The number of morpholine rings is 1. The van der Waals surface area contributed by atoms with Crippen molar-refractivity contribution in [1.82, 2.24) is 4.98 Å². The molecule has 0 bridgehead atoms. The van der Waals surface area contributed by atoms with Gasteiger partial charge >= 0.3 is 0 Å². The topological polar surface area (TPSA) is 136 Å². The van der Waals surface area contributed by atoms with Crippen molar-refractivity contribution in [2.75, 3.05) is 26.3 Å². The van der Waals surface area contributed by atoms with E-state index in [9.17, 15) is 4.79 Å². The third-order valence-corrected chi connectivity index (χ3v) is 4.37. The van der Waals surface area contributed by atoms with Gasteiger partial charge in [-0.25, -0.2) is 18.6 Å². The van der Waals surface area contributed by atoms with Crippen molar-refractivity contribution in [1.29, 1.82) is 0 Å². The molecule has 0 atom stereocenters. The molecule has 1 aliphatic rings. The lowest BCUT2D eigenvalue weighted by Crippen LogP contribution is -3.09. The van der Waals surface area contributed by atoms with Crippen LogP contribution in [0.3, 0.4) is 0 Å². The molecule has 0 unspecified atom stereocenters. The number of ether oxygens (including phenoxy) is 1. The fourth-order valence-electron chi connectivity index (χ4n) is 1.74. The lowest BCUT2D eigenvalue weighted by atomic mass is 9.86. The molecule has 8 nitrogen and oxygen atoms in total. The van der Waals surface area contributed by atoms with Crippen LogP contribution >= 0.6 is 11.3 Å². The highest BCUT2D eigenvalue weighted by Gasteiger charge is 2.31. The Labute approximate surface area is 134 Å². The van der Waals surface area contributed by atoms with E-state index in [-0.39, 0.29) is 5.78 Å². The van der Waals surface area contributed by atoms with Gasteiger partial charge in [0, 0.05) is 5.38 Å². The third-order valence-electron chi connectivity index (χ3n) is 3.42. The number of hydrogen-bond donors (Lipinski definition) is 1. The summed E-state index contributed by atoms with van der Waals surface area (Å²) in [5.41, 5.74) is 0.421. The van der Waals surface area contributed by atoms with Crippen LogP contribution in [0.4, 0.5) is 5.13 Å². The second-order valence-electron chi connectivity index (χ2n) is 5.31. The first-order valence-electron chi connectivity index (χ1n) is 6.53. The second-order valence-corrected chi connectivity index (χ2v) is 6.93. The van der Waals surface area contributed by atoms with Crippen LogP contribution in [0.2, 0.25) is 0 Å². The first-order chi connectivity index (χ1) is 10.0. The first-order valence-corrected chi connectivity index (χ1v) is 8.65. The number of rotatable bonds is 3. The Morgan fingerprint density at radius 2 is 1.82 bits per heavy atom. The van der Waals surface area contributed by atoms with Crippen LogP contribution in [0.15, 0.2) is 5.38 Å². The number of carbonyl (C=O) groups excluding carboxylic acids is 1. The second kappa shape index (κ2) is 7.75. The van der Waals surface area contributed by atoms with Crippen molar-refractivity contribution in [2.45, 2.75) is 26.2 Å². The summed E-state index contributed by atoms with van der Waals surface area (Å²) in [5, 5.41) is 3.09. The van der Waals surface area contributed by atoms with E-state index < -0.39 is 15.7 Å². The van der Waals surface area contributed by atoms with E-state index in [1.807, 2.05) is 19.2 Å². The summed E-state index contributed by atoms with van der Waals surface area (Å²) in [5.74, 6) is 0.159. The fourth-order valence-corrected chi connectivity index (χ4v) is 2.83. The van der Waals surface area contributed by atoms with Crippen molar-refractivity contribution in [3.8, 4) is 0 Å². The van der Waals surface area contributed by atoms with Crippen LogP contribution in [0.1, 0.15) is 26.5 Å². The summed E-state index contributed by atoms with van der Waals surface area (Å²) in [6, 6.07) is 0. The van der Waals surface area contributed by atoms with Crippen LogP contribution in [0.5, 0.6) is 0 Å². The lowest BCUT2D eigenvalue weighted by molar-refractivity contribution is -2.00. The van der Waals surface area contributed by atoms with Gasteiger partial charge in [-0.05, 0) is 20.8 Å². The Kier molecular flexibility index (Phi) is 6.84. The van der Waals surface area contributed by atoms with E-state index >= 15 is 0 Å². The number of nitrogens with one attached hydrogen (secondary N) is 1. The molecule has 0 amide bonds. The van der Waals surface area contributed by atoms with Crippen LogP contribution in [-0.2, 0) is 14.9 Å². The van der Waals surface area contributed by atoms with E-state index in [0.29, 0.717) is 0 Å². The number of Topliss-reactive ketones (excluding diaryl/α,β-unsaturated/α-hetero) is 1. The van der Waals surface area contributed by atoms with Crippen LogP contribution in [0, 0.1) is 10.2 Å². The van der Waals surface area contributed by atoms with E-state index in [0.717, 1.165) is 37.1 Å². The van der Waals surface area contributed by atoms with Crippen molar-refractivity contribution in [3.63, 3.8) is 0 Å². The van der Waals surface area contributed by atoms with Gasteiger partial charge in [-0.2, -0.15) is 4.98 Å². The summed E-state index contributed by atoms with van der Waals surface area (Å²) in [6.45, 7) is 9.01. The standard InChI is InChI=1S/C12H18N2O2S.ClHO4/c1-9(15)12(2,3)10-8-17-11(13-10)14-4-6-16-7-5-14;2-1(3,4)5/h8H,4-7H2,1-3H3;(H,2,3,4,5). The summed E-state index contributed by atoms with van der Waals surface area (Å²) >= 11 is 1.64. The molecule has 1 aliphatic heterocycles. The number of hydrogen-bond acceptors (Lipinski definition) is 8. The SMILES string of the molecule is CC(=O)C(C)(C)c1csc([NH+]2CCOCC2)n1.[O-][Cl+3]([O-])([O-])[O-]. The van der Waals surface area contributed by atoms with Crippen LogP contribution in [0.25, 0.3) is 0 Å². The van der Waals surface area contributed by atoms with Crippen molar-refractivity contribution in [2.24, 2.45) is 0 Å². The molecule has 0 radical (unpaired) electrons. The number of quaternary nitrogens is 1. The normalized spacial score (nSPS) is 16.9. The highest BCUT2D eigenvalue weighted by atomic mass is 35.7. The minimum Gasteiger partial charge on any atom is -0.370 e. The third kappa shape index (κ3) is 6.23. The van der Waals surface area contributed by atoms with Crippen molar-refractivity contribution in [3.05, 3.63) is 11.1 Å². The zero-order valence-electron chi connectivity index (χ0n) is 12.6. The van der Waals surface area contributed by atoms with Gasteiger partial charge in [0.05, 0.1) is 24.3 Å². The molecule has 1 fully saturated rings.